The number of carbonyl (C=O) groups is 3. The Morgan fingerprint density at radius 1 is 1.17 bits per heavy atom. The van der Waals surface area contributed by atoms with Gasteiger partial charge in [0, 0.05) is 6.54 Å². The normalized spacial score (nSPS) is 18.4. The minimum atomic E-state index is -0.563. The van der Waals surface area contributed by atoms with Gasteiger partial charge in [0.25, 0.3) is 11.8 Å². The number of morpholine rings is 1. The Hall–Kier alpha value is -3.29. The van der Waals surface area contributed by atoms with E-state index >= 15 is 0 Å². The summed E-state index contributed by atoms with van der Waals surface area (Å²) in [6, 6.07) is 6.68. The number of hydrogen-bond donors (Lipinski definition) is 0. The first-order chi connectivity index (χ1) is 13.8. The number of imide groups is 1. The molecule has 3 rings (SSSR count). The molecule has 2 aliphatic heterocycles. The van der Waals surface area contributed by atoms with Gasteiger partial charge in [0.05, 0.1) is 30.8 Å². The third-order valence-electron chi connectivity index (χ3n) is 4.22. The zero-order valence-corrected chi connectivity index (χ0v) is 16.7. The average Bonchev–Trinajstić information content (AvgIpc) is 2.92. The zero-order chi connectivity index (χ0) is 21.0. The summed E-state index contributed by atoms with van der Waals surface area (Å²) < 4.78 is 10.9. The van der Waals surface area contributed by atoms with Crippen molar-refractivity contribution in [3.05, 3.63) is 35.4 Å². The van der Waals surface area contributed by atoms with E-state index in [2.05, 4.69) is 23.7 Å². The smallest absolute Gasteiger partial charge is 0.410 e. The fourth-order valence-electron chi connectivity index (χ4n) is 2.89. The lowest BCUT2D eigenvalue weighted by Crippen LogP contribution is -2.47. The molecule has 0 aromatic heterocycles. The highest BCUT2D eigenvalue weighted by Gasteiger charge is 2.34. The molecule has 0 N–H and O–H groups in total. The van der Waals surface area contributed by atoms with E-state index in [0.717, 1.165) is 4.90 Å². The van der Waals surface area contributed by atoms with E-state index in [1.807, 2.05) is 20.8 Å². The molecule has 1 fully saturated rings. The van der Waals surface area contributed by atoms with Crippen LogP contribution in [0.25, 0.3) is 0 Å². The molecule has 3 amide bonds. The van der Waals surface area contributed by atoms with Gasteiger partial charge in [-0.3, -0.25) is 14.5 Å². The van der Waals surface area contributed by atoms with Gasteiger partial charge in [-0.15, -0.1) is 0 Å². The van der Waals surface area contributed by atoms with Crippen molar-refractivity contribution in [1.82, 2.24) is 9.80 Å². The molecule has 1 saturated heterocycles. The van der Waals surface area contributed by atoms with E-state index in [-0.39, 0.29) is 18.4 Å². The fraction of sp³-hybridized carbons (Fsp3) is 0.409. The molecule has 2 aliphatic rings. The molecule has 2 heterocycles. The van der Waals surface area contributed by atoms with Gasteiger partial charge in [0.15, 0.2) is 0 Å². The lowest BCUT2D eigenvalue weighted by atomic mass is 10.1. The van der Waals surface area contributed by atoms with Crippen molar-refractivity contribution in [3.8, 4) is 23.7 Å². The van der Waals surface area contributed by atoms with Crippen LogP contribution in [-0.2, 0) is 9.47 Å². The Labute approximate surface area is 169 Å². The maximum atomic E-state index is 12.2. The fourth-order valence-corrected chi connectivity index (χ4v) is 2.89. The standard InChI is InChI=1S/C22H22N2O5/c1-22(2,3)29-21(27)23-13-14-28-16(15-23)9-5-4-8-12-24-19(25)17-10-6-7-11-18(17)20(24)26/h6-7,10-11,16H,12-15H2,1-3H3/t16-/m1/s1. The third kappa shape index (κ3) is 4.96. The predicted molar refractivity (Wildman–Crippen MR) is 105 cm³/mol. The summed E-state index contributed by atoms with van der Waals surface area (Å²) in [7, 11) is 0. The number of rotatable bonds is 1. The summed E-state index contributed by atoms with van der Waals surface area (Å²) in [4.78, 5) is 39.3. The molecule has 150 valence electrons. The third-order valence-corrected chi connectivity index (χ3v) is 4.22. The topological polar surface area (TPSA) is 76.2 Å². The maximum Gasteiger partial charge on any atom is 0.410 e. The van der Waals surface area contributed by atoms with Crippen molar-refractivity contribution < 1.29 is 23.9 Å². The van der Waals surface area contributed by atoms with Gasteiger partial charge in [0.1, 0.15) is 11.7 Å². The van der Waals surface area contributed by atoms with E-state index in [1.54, 1.807) is 29.2 Å². The van der Waals surface area contributed by atoms with E-state index < -0.39 is 17.8 Å². The molecule has 0 bridgehead atoms. The summed E-state index contributed by atoms with van der Waals surface area (Å²) in [6.07, 6.45) is -0.866. The molecule has 1 atom stereocenters. The van der Waals surface area contributed by atoms with Crippen molar-refractivity contribution in [2.24, 2.45) is 0 Å². The molecule has 7 heteroatoms. The molecule has 1 aromatic carbocycles. The highest BCUT2D eigenvalue weighted by molar-refractivity contribution is 6.21. The van der Waals surface area contributed by atoms with Gasteiger partial charge in [-0.25, -0.2) is 4.79 Å². The van der Waals surface area contributed by atoms with E-state index in [0.29, 0.717) is 30.8 Å². The van der Waals surface area contributed by atoms with Gasteiger partial charge >= 0.3 is 6.09 Å². The maximum absolute atomic E-state index is 12.2. The first-order valence-corrected chi connectivity index (χ1v) is 9.29. The molecular weight excluding hydrogens is 372 g/mol. The van der Waals surface area contributed by atoms with Crippen LogP contribution in [0.1, 0.15) is 41.5 Å². The highest BCUT2D eigenvalue weighted by atomic mass is 16.6. The summed E-state index contributed by atoms with van der Waals surface area (Å²) >= 11 is 0. The highest BCUT2D eigenvalue weighted by Crippen LogP contribution is 2.21. The largest absolute Gasteiger partial charge is 0.444 e. The summed E-state index contributed by atoms with van der Waals surface area (Å²) in [5, 5.41) is 0. The Kier molecular flexibility index (Phi) is 5.91. The van der Waals surface area contributed by atoms with Crippen LogP contribution in [0.2, 0.25) is 0 Å². The van der Waals surface area contributed by atoms with Crippen molar-refractivity contribution >= 4 is 17.9 Å². The Bertz CT molecular complexity index is 920. The monoisotopic (exact) mass is 394 g/mol. The number of carbonyl (C=O) groups excluding carboxylic acids is 3. The van der Waals surface area contributed by atoms with Gasteiger partial charge in [-0.2, -0.15) is 0 Å². The first-order valence-electron chi connectivity index (χ1n) is 9.29. The quantitative estimate of drug-likeness (QED) is 0.537. The first kappa shape index (κ1) is 20.4. The number of fused-ring (bicyclic) bond motifs is 1. The minimum absolute atomic E-state index is 0.0312. The molecular formula is C22H22N2O5. The van der Waals surface area contributed by atoms with Crippen molar-refractivity contribution in [2.45, 2.75) is 32.5 Å². The molecule has 0 saturated carbocycles. The van der Waals surface area contributed by atoms with Crippen LogP contribution in [0.5, 0.6) is 0 Å². The number of ether oxygens (including phenoxy) is 2. The number of hydrogen-bond acceptors (Lipinski definition) is 5. The molecule has 7 nitrogen and oxygen atoms in total. The summed E-state index contributed by atoms with van der Waals surface area (Å²) in [5.41, 5.74) is 0.220. The average molecular weight is 394 g/mol. The van der Waals surface area contributed by atoms with Crippen LogP contribution in [0.4, 0.5) is 4.79 Å². The van der Waals surface area contributed by atoms with Crippen LogP contribution in [0.3, 0.4) is 0 Å². The van der Waals surface area contributed by atoms with Crippen LogP contribution in [0, 0.1) is 23.7 Å². The summed E-state index contributed by atoms with van der Waals surface area (Å²) in [5.74, 6) is 10.2. The molecule has 0 spiro atoms. The lowest BCUT2D eigenvalue weighted by molar-refractivity contribution is -0.0236. The Morgan fingerprint density at radius 2 is 1.83 bits per heavy atom. The summed E-state index contributed by atoms with van der Waals surface area (Å²) in [6.45, 7) is 6.50. The van der Waals surface area contributed by atoms with Gasteiger partial charge < -0.3 is 14.4 Å². The lowest BCUT2D eigenvalue weighted by Gasteiger charge is -2.32. The second-order valence-corrected chi connectivity index (χ2v) is 7.60. The van der Waals surface area contributed by atoms with E-state index in [4.69, 9.17) is 9.47 Å². The molecule has 1 aromatic rings. The predicted octanol–water partition coefficient (Wildman–Crippen LogP) is 1.93. The van der Waals surface area contributed by atoms with E-state index in [9.17, 15) is 14.4 Å². The van der Waals surface area contributed by atoms with Gasteiger partial charge in [-0.1, -0.05) is 24.0 Å². The Balaban J connectivity index is 1.55. The van der Waals surface area contributed by atoms with Crippen LogP contribution in [0.15, 0.2) is 24.3 Å². The number of benzene rings is 1. The van der Waals surface area contributed by atoms with Crippen molar-refractivity contribution in [2.75, 3.05) is 26.2 Å². The van der Waals surface area contributed by atoms with E-state index in [1.165, 1.54) is 0 Å². The number of nitrogens with zero attached hydrogens (tertiary/aromatic N) is 2. The van der Waals surface area contributed by atoms with Gasteiger partial charge in [0.2, 0.25) is 0 Å². The second-order valence-electron chi connectivity index (χ2n) is 7.60. The molecule has 29 heavy (non-hydrogen) atoms. The Morgan fingerprint density at radius 3 is 2.45 bits per heavy atom. The van der Waals surface area contributed by atoms with Crippen molar-refractivity contribution in [3.63, 3.8) is 0 Å². The SMILES string of the molecule is CC(C)(C)OC(=O)N1CCO[C@H](C#CC#CCN2C(=O)c3ccccc3C2=O)C1. The minimum Gasteiger partial charge on any atom is -0.444 e. The molecule has 0 aliphatic carbocycles. The number of amides is 3. The zero-order valence-electron chi connectivity index (χ0n) is 16.7. The van der Waals surface area contributed by atoms with Crippen LogP contribution in [-0.4, -0.2) is 65.7 Å². The van der Waals surface area contributed by atoms with Crippen LogP contribution < -0.4 is 0 Å². The second kappa shape index (κ2) is 8.38. The molecule has 0 unspecified atom stereocenters. The van der Waals surface area contributed by atoms with Gasteiger partial charge in [-0.05, 0) is 44.7 Å². The molecule has 0 radical (unpaired) electrons. The van der Waals surface area contributed by atoms with Crippen LogP contribution >= 0.6 is 0 Å². The van der Waals surface area contributed by atoms with Crippen molar-refractivity contribution in [1.29, 1.82) is 0 Å².